The highest BCUT2D eigenvalue weighted by molar-refractivity contribution is 6.30. The van der Waals surface area contributed by atoms with Crippen LogP contribution in [-0.2, 0) is 23.9 Å². The Morgan fingerprint density at radius 1 is 1.27 bits per heavy atom. The van der Waals surface area contributed by atoms with Crippen molar-refractivity contribution in [3.63, 3.8) is 0 Å². The van der Waals surface area contributed by atoms with E-state index in [2.05, 4.69) is 15.5 Å². The quantitative estimate of drug-likeness (QED) is 0.707. The van der Waals surface area contributed by atoms with Crippen LogP contribution in [0.25, 0.3) is 0 Å². The molecule has 0 fully saturated rings. The molecule has 0 spiro atoms. The summed E-state index contributed by atoms with van der Waals surface area (Å²) in [6, 6.07) is 3.06. The van der Waals surface area contributed by atoms with Crippen molar-refractivity contribution in [1.82, 2.24) is 15.1 Å². The van der Waals surface area contributed by atoms with Gasteiger partial charge in [-0.15, -0.1) is 0 Å². The zero-order valence-electron chi connectivity index (χ0n) is 16.5. The van der Waals surface area contributed by atoms with E-state index in [0.29, 0.717) is 24.2 Å². The molecule has 7 nitrogen and oxygen atoms in total. The van der Waals surface area contributed by atoms with E-state index in [0.717, 1.165) is 12.1 Å². The standard InChI is InChI=1S/C19H20ClF3N4O3/c1-18(2,3)30-17(29)27-7-6-13-11(9-27)15(26-25-13)16(28)24-14-5-4-10(20)8-12(14)19(21,22)23/h4-5,8H,6-7,9H2,1-3H3,(H,24,28)(H,25,26). The normalized spacial score (nSPS) is 14.3. The monoisotopic (exact) mass is 444 g/mol. The van der Waals surface area contributed by atoms with Crippen molar-refractivity contribution in [2.45, 2.75) is 45.5 Å². The highest BCUT2D eigenvalue weighted by atomic mass is 35.5. The van der Waals surface area contributed by atoms with Crippen molar-refractivity contribution in [3.8, 4) is 0 Å². The lowest BCUT2D eigenvalue weighted by atomic mass is 10.0. The fourth-order valence-electron chi connectivity index (χ4n) is 3.01. The van der Waals surface area contributed by atoms with Crippen molar-refractivity contribution in [3.05, 3.63) is 45.7 Å². The third kappa shape index (κ3) is 4.86. The average molecular weight is 445 g/mol. The number of hydrogen-bond acceptors (Lipinski definition) is 4. The predicted molar refractivity (Wildman–Crippen MR) is 103 cm³/mol. The van der Waals surface area contributed by atoms with Gasteiger partial charge in [-0.3, -0.25) is 9.89 Å². The number of rotatable bonds is 2. The molecule has 2 aromatic rings. The van der Waals surface area contributed by atoms with Crippen molar-refractivity contribution in [2.24, 2.45) is 0 Å². The van der Waals surface area contributed by atoms with Crippen molar-refractivity contribution >= 4 is 29.3 Å². The van der Waals surface area contributed by atoms with Gasteiger partial charge in [-0.25, -0.2) is 4.79 Å². The maximum atomic E-state index is 13.3. The number of anilines is 1. The number of amides is 2. The molecule has 162 valence electrons. The summed E-state index contributed by atoms with van der Waals surface area (Å²) >= 11 is 5.67. The Hall–Kier alpha value is -2.75. The highest BCUT2D eigenvalue weighted by Gasteiger charge is 2.35. The van der Waals surface area contributed by atoms with Crippen molar-refractivity contribution < 1.29 is 27.5 Å². The summed E-state index contributed by atoms with van der Waals surface area (Å²) in [5, 5.41) is 8.81. The smallest absolute Gasteiger partial charge is 0.418 e. The lowest BCUT2D eigenvalue weighted by molar-refractivity contribution is -0.136. The second-order valence-corrected chi connectivity index (χ2v) is 8.26. The van der Waals surface area contributed by atoms with Crippen LogP contribution in [-0.4, -0.2) is 39.2 Å². The van der Waals surface area contributed by atoms with Crippen molar-refractivity contribution in [1.29, 1.82) is 0 Å². The summed E-state index contributed by atoms with van der Waals surface area (Å²) in [7, 11) is 0. The summed E-state index contributed by atoms with van der Waals surface area (Å²) in [4.78, 5) is 26.4. The summed E-state index contributed by atoms with van der Waals surface area (Å²) in [6.07, 6.45) is -4.84. The molecule has 1 aromatic carbocycles. The number of aromatic amines is 1. The van der Waals surface area contributed by atoms with Crippen LogP contribution in [0.5, 0.6) is 0 Å². The molecule has 0 unspecified atom stereocenters. The highest BCUT2D eigenvalue weighted by Crippen LogP contribution is 2.36. The molecule has 2 amide bonds. The lowest BCUT2D eigenvalue weighted by Gasteiger charge is -2.30. The van der Waals surface area contributed by atoms with Gasteiger partial charge in [0.05, 0.1) is 17.8 Å². The molecule has 2 N–H and O–H groups in total. The first-order valence-corrected chi connectivity index (χ1v) is 9.45. The van der Waals surface area contributed by atoms with E-state index in [-0.39, 0.29) is 17.3 Å². The number of H-pyrrole nitrogens is 1. The summed E-state index contributed by atoms with van der Waals surface area (Å²) in [5.74, 6) is -0.827. The number of aromatic nitrogens is 2. The molecule has 11 heteroatoms. The fraction of sp³-hybridized carbons (Fsp3) is 0.421. The van der Waals surface area contributed by atoms with Gasteiger partial charge in [0, 0.05) is 29.2 Å². The van der Waals surface area contributed by atoms with Gasteiger partial charge in [0.15, 0.2) is 5.69 Å². The van der Waals surface area contributed by atoms with Gasteiger partial charge in [0.1, 0.15) is 5.60 Å². The van der Waals surface area contributed by atoms with E-state index in [1.165, 1.54) is 11.0 Å². The van der Waals surface area contributed by atoms with Crippen LogP contribution in [0.1, 0.15) is 48.1 Å². The van der Waals surface area contributed by atoms with Crippen LogP contribution in [0.4, 0.5) is 23.7 Å². The van der Waals surface area contributed by atoms with Crippen LogP contribution in [0.3, 0.4) is 0 Å². The second-order valence-electron chi connectivity index (χ2n) is 7.82. The second kappa shape index (κ2) is 7.82. The first-order chi connectivity index (χ1) is 13.8. The number of ether oxygens (including phenoxy) is 1. The summed E-state index contributed by atoms with van der Waals surface area (Å²) in [6.45, 7) is 5.63. The van der Waals surface area contributed by atoms with Gasteiger partial charge < -0.3 is 15.0 Å². The summed E-state index contributed by atoms with van der Waals surface area (Å²) in [5.41, 5.74) is -1.19. The SMILES string of the molecule is CC(C)(C)OC(=O)N1CCc2[nH]nc(C(=O)Nc3ccc(Cl)cc3C(F)(F)F)c2C1. The van der Waals surface area contributed by atoms with Gasteiger partial charge in [-0.1, -0.05) is 11.6 Å². The van der Waals surface area contributed by atoms with Gasteiger partial charge >= 0.3 is 12.3 Å². The van der Waals surface area contributed by atoms with Crippen LogP contribution < -0.4 is 5.32 Å². The van der Waals surface area contributed by atoms with E-state index < -0.39 is 35.0 Å². The molecule has 0 aliphatic carbocycles. The molecule has 0 atom stereocenters. The van der Waals surface area contributed by atoms with Crippen LogP contribution >= 0.6 is 11.6 Å². The number of carbonyl (C=O) groups excluding carboxylic acids is 2. The Kier molecular flexibility index (Phi) is 5.72. The number of benzene rings is 1. The van der Waals surface area contributed by atoms with Gasteiger partial charge in [0.25, 0.3) is 5.91 Å². The Labute approximate surface area is 175 Å². The van der Waals surface area contributed by atoms with E-state index in [4.69, 9.17) is 16.3 Å². The lowest BCUT2D eigenvalue weighted by Crippen LogP contribution is -2.40. The number of alkyl halides is 3. The third-order valence-corrected chi connectivity index (χ3v) is 4.57. The number of halogens is 4. The maximum absolute atomic E-state index is 13.3. The number of nitrogens with one attached hydrogen (secondary N) is 2. The molecule has 0 saturated carbocycles. The largest absolute Gasteiger partial charge is 0.444 e. The minimum atomic E-state index is -4.70. The summed E-state index contributed by atoms with van der Waals surface area (Å²) < 4.78 is 45.2. The molecular formula is C19H20ClF3N4O3. The Balaban J connectivity index is 1.83. The number of carbonyl (C=O) groups is 2. The topological polar surface area (TPSA) is 87.3 Å². The number of hydrogen-bond donors (Lipinski definition) is 2. The van der Waals surface area contributed by atoms with Crippen molar-refractivity contribution in [2.75, 3.05) is 11.9 Å². The van der Waals surface area contributed by atoms with Gasteiger partial charge in [-0.2, -0.15) is 18.3 Å². The van der Waals surface area contributed by atoms with Crippen LogP contribution in [0.15, 0.2) is 18.2 Å². The molecule has 1 aromatic heterocycles. The third-order valence-electron chi connectivity index (χ3n) is 4.34. The van der Waals surface area contributed by atoms with E-state index in [1.807, 2.05) is 0 Å². The van der Waals surface area contributed by atoms with E-state index in [1.54, 1.807) is 20.8 Å². The molecule has 0 saturated heterocycles. The van der Waals surface area contributed by atoms with E-state index >= 15 is 0 Å². The van der Waals surface area contributed by atoms with E-state index in [9.17, 15) is 22.8 Å². The maximum Gasteiger partial charge on any atom is 0.418 e. The number of nitrogens with zero attached hydrogens (tertiary/aromatic N) is 2. The minimum Gasteiger partial charge on any atom is -0.444 e. The molecule has 2 heterocycles. The minimum absolute atomic E-state index is 0.0518. The molecule has 3 rings (SSSR count). The predicted octanol–water partition coefficient (Wildman–Crippen LogP) is 4.63. The number of fused-ring (bicyclic) bond motifs is 1. The zero-order valence-corrected chi connectivity index (χ0v) is 17.2. The zero-order chi connectivity index (χ0) is 22.3. The average Bonchev–Trinajstić information content (AvgIpc) is 3.04. The van der Waals surface area contributed by atoms with Gasteiger partial charge in [-0.05, 0) is 39.0 Å². The van der Waals surface area contributed by atoms with Gasteiger partial charge in [0.2, 0.25) is 0 Å². The van der Waals surface area contributed by atoms with Crippen LogP contribution in [0, 0.1) is 0 Å². The first-order valence-electron chi connectivity index (χ1n) is 9.07. The van der Waals surface area contributed by atoms with Crippen LogP contribution in [0.2, 0.25) is 5.02 Å². The molecule has 30 heavy (non-hydrogen) atoms. The Morgan fingerprint density at radius 2 is 1.97 bits per heavy atom. The first kappa shape index (κ1) is 21.9. The Bertz CT molecular complexity index is 982. The molecule has 0 radical (unpaired) electrons. The molecule has 1 aliphatic rings. The molecule has 0 bridgehead atoms. The fourth-order valence-corrected chi connectivity index (χ4v) is 3.18. The Morgan fingerprint density at radius 3 is 2.60 bits per heavy atom. The molecular weight excluding hydrogens is 425 g/mol. The molecule has 1 aliphatic heterocycles.